The monoisotopic (exact) mass is 483 g/mol. The van der Waals surface area contributed by atoms with Gasteiger partial charge in [0, 0.05) is 5.56 Å². The van der Waals surface area contributed by atoms with Gasteiger partial charge in [0.15, 0.2) is 5.82 Å². The number of aromatic nitrogens is 3. The molecule has 0 aliphatic carbocycles. The lowest BCUT2D eigenvalue weighted by atomic mass is 10.1. The molecule has 0 aliphatic heterocycles. The molecule has 8 heteroatoms. The number of ether oxygens (including phenoxy) is 1. The lowest BCUT2D eigenvalue weighted by Gasteiger charge is -2.08. The molecule has 0 bridgehead atoms. The molecule has 0 amide bonds. The summed E-state index contributed by atoms with van der Waals surface area (Å²) in [5.41, 5.74) is 2.40. The Labute approximate surface area is 166 Å². The summed E-state index contributed by atoms with van der Waals surface area (Å²) in [7, 11) is 0. The number of halogens is 3. The molecule has 3 aromatic rings. The summed E-state index contributed by atoms with van der Waals surface area (Å²) >= 11 is 12.7. The number of aryl methyl sites for hydroxylation is 1. The maximum absolute atomic E-state index is 9.77. The molecule has 0 unspecified atom stereocenters. The molecule has 128 valence electrons. The third-order valence-electron chi connectivity index (χ3n) is 3.37. The second-order valence-electron chi connectivity index (χ2n) is 5.27. The molecule has 25 heavy (non-hydrogen) atoms. The maximum atomic E-state index is 9.77. The van der Waals surface area contributed by atoms with Gasteiger partial charge in [-0.3, -0.25) is 0 Å². The van der Waals surface area contributed by atoms with Crippen LogP contribution in [0, 0.1) is 6.92 Å². The van der Waals surface area contributed by atoms with E-state index in [-0.39, 0.29) is 12.4 Å². The number of phenols is 1. The number of aromatic hydroxyl groups is 1. The SMILES string of the molecule is Cc1ccc(Cl)c(OCc2ncc(-c3cc(Br)c(O)c(Br)c3)nn2)c1. The molecule has 2 aromatic carbocycles. The maximum Gasteiger partial charge on any atom is 0.188 e. The van der Waals surface area contributed by atoms with Gasteiger partial charge in [-0.05, 0) is 68.6 Å². The minimum Gasteiger partial charge on any atom is -0.506 e. The van der Waals surface area contributed by atoms with Crippen LogP contribution in [-0.4, -0.2) is 20.3 Å². The molecule has 0 saturated heterocycles. The summed E-state index contributed by atoms with van der Waals surface area (Å²) in [6.45, 7) is 2.13. The van der Waals surface area contributed by atoms with Gasteiger partial charge < -0.3 is 9.84 Å². The lowest BCUT2D eigenvalue weighted by Crippen LogP contribution is -2.04. The molecule has 0 spiro atoms. The van der Waals surface area contributed by atoms with E-state index in [0.717, 1.165) is 11.1 Å². The fraction of sp³-hybridized carbons (Fsp3) is 0.118. The molecule has 0 aliphatic rings. The van der Waals surface area contributed by atoms with E-state index < -0.39 is 0 Å². The van der Waals surface area contributed by atoms with Crippen molar-refractivity contribution in [2.75, 3.05) is 0 Å². The zero-order chi connectivity index (χ0) is 18.0. The van der Waals surface area contributed by atoms with Crippen molar-refractivity contribution in [1.29, 1.82) is 0 Å². The Morgan fingerprint density at radius 1 is 1.12 bits per heavy atom. The minimum absolute atomic E-state index is 0.129. The van der Waals surface area contributed by atoms with Crippen molar-refractivity contribution in [2.24, 2.45) is 0 Å². The molecule has 0 atom stereocenters. The number of hydrogen-bond acceptors (Lipinski definition) is 5. The zero-order valence-corrected chi connectivity index (χ0v) is 16.9. The van der Waals surface area contributed by atoms with Crippen LogP contribution in [0.1, 0.15) is 11.4 Å². The van der Waals surface area contributed by atoms with Crippen LogP contribution < -0.4 is 4.74 Å². The van der Waals surface area contributed by atoms with E-state index in [0.29, 0.717) is 31.2 Å². The van der Waals surface area contributed by atoms with Crippen molar-refractivity contribution < 1.29 is 9.84 Å². The first kappa shape index (κ1) is 18.1. The average molecular weight is 486 g/mol. The number of benzene rings is 2. The first-order valence-corrected chi connectivity index (χ1v) is 9.16. The second-order valence-corrected chi connectivity index (χ2v) is 7.39. The quantitative estimate of drug-likeness (QED) is 0.543. The number of hydrogen-bond donors (Lipinski definition) is 1. The van der Waals surface area contributed by atoms with Gasteiger partial charge in [0.2, 0.25) is 0 Å². The topological polar surface area (TPSA) is 68.1 Å². The van der Waals surface area contributed by atoms with Crippen LogP contribution in [0.4, 0.5) is 0 Å². The van der Waals surface area contributed by atoms with Crippen molar-refractivity contribution in [2.45, 2.75) is 13.5 Å². The fourth-order valence-corrected chi connectivity index (χ4v) is 3.43. The molecule has 0 saturated carbocycles. The molecular weight excluding hydrogens is 473 g/mol. The Kier molecular flexibility index (Phi) is 5.56. The highest BCUT2D eigenvalue weighted by molar-refractivity contribution is 9.11. The largest absolute Gasteiger partial charge is 0.506 e. The van der Waals surface area contributed by atoms with Gasteiger partial charge in [-0.2, -0.15) is 0 Å². The lowest BCUT2D eigenvalue weighted by molar-refractivity contribution is 0.294. The highest BCUT2D eigenvalue weighted by atomic mass is 79.9. The Morgan fingerprint density at radius 2 is 1.84 bits per heavy atom. The van der Waals surface area contributed by atoms with E-state index in [1.165, 1.54) is 0 Å². The van der Waals surface area contributed by atoms with Crippen molar-refractivity contribution in [3.05, 3.63) is 61.9 Å². The first-order valence-electron chi connectivity index (χ1n) is 7.20. The summed E-state index contributed by atoms with van der Waals surface area (Å²) in [6.07, 6.45) is 1.61. The molecule has 1 aromatic heterocycles. The van der Waals surface area contributed by atoms with Crippen molar-refractivity contribution >= 4 is 43.5 Å². The highest BCUT2D eigenvalue weighted by Crippen LogP contribution is 2.36. The Balaban J connectivity index is 1.75. The van der Waals surface area contributed by atoms with E-state index in [9.17, 15) is 5.11 Å². The van der Waals surface area contributed by atoms with Crippen LogP contribution in [-0.2, 0) is 6.61 Å². The van der Waals surface area contributed by atoms with Crippen molar-refractivity contribution in [3.63, 3.8) is 0 Å². The first-order chi connectivity index (χ1) is 11.9. The van der Waals surface area contributed by atoms with Gasteiger partial charge in [-0.1, -0.05) is 17.7 Å². The summed E-state index contributed by atoms with van der Waals surface area (Å²) in [5, 5.41) is 18.6. The molecule has 0 radical (unpaired) electrons. The van der Waals surface area contributed by atoms with Gasteiger partial charge in [0.25, 0.3) is 0 Å². The smallest absolute Gasteiger partial charge is 0.188 e. The van der Waals surface area contributed by atoms with Crippen LogP contribution >= 0.6 is 43.5 Å². The van der Waals surface area contributed by atoms with Crippen molar-refractivity contribution in [3.8, 4) is 22.8 Å². The highest BCUT2D eigenvalue weighted by Gasteiger charge is 2.10. The standard InChI is InChI=1S/C17H12Br2ClN3O2/c1-9-2-3-13(20)15(4-9)25-8-16-21-7-14(22-23-16)10-5-11(18)17(24)12(19)6-10/h2-7,24H,8H2,1H3. The molecule has 1 N–H and O–H groups in total. The van der Waals surface area contributed by atoms with Gasteiger partial charge in [0.1, 0.15) is 23.8 Å². The second kappa shape index (κ2) is 7.68. The van der Waals surface area contributed by atoms with Gasteiger partial charge in [-0.25, -0.2) is 4.98 Å². The third kappa shape index (κ3) is 4.29. The molecule has 3 rings (SSSR count). The van der Waals surface area contributed by atoms with Gasteiger partial charge in [0.05, 0.1) is 20.2 Å². The van der Waals surface area contributed by atoms with Gasteiger partial charge >= 0.3 is 0 Å². The molecule has 1 heterocycles. The van der Waals surface area contributed by atoms with Crippen LogP contribution in [0.25, 0.3) is 11.3 Å². The minimum atomic E-state index is 0.129. The summed E-state index contributed by atoms with van der Waals surface area (Å²) in [4.78, 5) is 4.27. The predicted molar refractivity (Wildman–Crippen MR) is 103 cm³/mol. The molecule has 5 nitrogen and oxygen atoms in total. The number of phenolic OH excluding ortho intramolecular Hbond substituents is 1. The normalized spacial score (nSPS) is 10.7. The zero-order valence-electron chi connectivity index (χ0n) is 13.0. The summed E-state index contributed by atoms with van der Waals surface area (Å²) in [6, 6.07) is 9.05. The van der Waals surface area contributed by atoms with E-state index in [2.05, 4.69) is 47.0 Å². The summed E-state index contributed by atoms with van der Waals surface area (Å²) in [5.74, 6) is 1.16. The Hall–Kier alpha value is -1.70. The van der Waals surface area contributed by atoms with E-state index in [1.54, 1.807) is 24.4 Å². The third-order valence-corrected chi connectivity index (χ3v) is 4.89. The Morgan fingerprint density at radius 3 is 2.48 bits per heavy atom. The average Bonchev–Trinajstić information content (AvgIpc) is 2.60. The van der Waals surface area contributed by atoms with E-state index >= 15 is 0 Å². The number of rotatable bonds is 4. The fourth-order valence-electron chi connectivity index (χ4n) is 2.07. The number of nitrogens with zero attached hydrogens (tertiary/aromatic N) is 3. The summed E-state index contributed by atoms with van der Waals surface area (Å²) < 4.78 is 6.77. The van der Waals surface area contributed by atoms with Gasteiger partial charge in [-0.15, -0.1) is 10.2 Å². The van der Waals surface area contributed by atoms with Crippen LogP contribution in [0.2, 0.25) is 5.02 Å². The Bertz CT molecular complexity index is 897. The van der Waals surface area contributed by atoms with Crippen LogP contribution in [0.3, 0.4) is 0 Å². The molecular formula is C17H12Br2ClN3O2. The van der Waals surface area contributed by atoms with Crippen LogP contribution in [0.5, 0.6) is 11.5 Å². The predicted octanol–water partition coefficient (Wildman–Crippen LogP) is 5.31. The van der Waals surface area contributed by atoms with E-state index in [4.69, 9.17) is 16.3 Å². The van der Waals surface area contributed by atoms with Crippen molar-refractivity contribution in [1.82, 2.24) is 15.2 Å². The van der Waals surface area contributed by atoms with E-state index in [1.807, 2.05) is 19.1 Å². The molecule has 0 fully saturated rings. The van der Waals surface area contributed by atoms with Crippen LogP contribution in [0.15, 0.2) is 45.5 Å².